The van der Waals surface area contributed by atoms with E-state index in [0.29, 0.717) is 6.61 Å². The fourth-order valence-electron chi connectivity index (χ4n) is 2.80. The van der Waals surface area contributed by atoms with Crippen molar-refractivity contribution in [3.8, 4) is 28.3 Å². The van der Waals surface area contributed by atoms with Gasteiger partial charge in [-0.15, -0.1) is 0 Å². The highest BCUT2D eigenvalue weighted by molar-refractivity contribution is 5.96. The molecule has 0 bridgehead atoms. The van der Waals surface area contributed by atoms with Crippen LogP contribution in [0.25, 0.3) is 33.4 Å². The summed E-state index contributed by atoms with van der Waals surface area (Å²) in [5, 5.41) is 12.5. The predicted molar refractivity (Wildman–Crippen MR) is 93.7 cm³/mol. The Morgan fingerprint density at radius 3 is 2.54 bits per heavy atom. The number of ether oxygens (including phenoxy) is 1. The summed E-state index contributed by atoms with van der Waals surface area (Å²) in [5.74, 6) is 0.848. The summed E-state index contributed by atoms with van der Waals surface area (Å²) in [7, 11) is 0. The van der Waals surface area contributed by atoms with Crippen LogP contribution in [0.15, 0.2) is 60.8 Å². The van der Waals surface area contributed by atoms with E-state index < -0.39 is 0 Å². The second-order valence-corrected chi connectivity index (χ2v) is 5.35. The van der Waals surface area contributed by atoms with Gasteiger partial charge in [-0.3, -0.25) is 4.98 Å². The molecular formula is C19H16N4O. The first-order chi connectivity index (χ1) is 11.9. The number of H-pyrrole nitrogens is 1. The minimum atomic E-state index is 0.650. The summed E-state index contributed by atoms with van der Waals surface area (Å²) in [4.78, 5) is 4.41. The maximum atomic E-state index is 5.50. The van der Waals surface area contributed by atoms with Crippen LogP contribution >= 0.6 is 0 Å². The molecule has 1 N–H and O–H groups in total. The Morgan fingerprint density at radius 2 is 1.71 bits per heavy atom. The van der Waals surface area contributed by atoms with Gasteiger partial charge in [0.1, 0.15) is 17.1 Å². The molecule has 24 heavy (non-hydrogen) atoms. The molecule has 0 aliphatic carbocycles. The third kappa shape index (κ3) is 2.50. The van der Waals surface area contributed by atoms with Crippen molar-refractivity contribution in [1.29, 1.82) is 0 Å². The molecule has 2 heterocycles. The average Bonchev–Trinajstić information content (AvgIpc) is 3.12. The number of aromatic amines is 1. The molecule has 0 aliphatic rings. The zero-order chi connectivity index (χ0) is 16.4. The molecule has 118 valence electrons. The first-order valence-corrected chi connectivity index (χ1v) is 7.85. The third-order valence-electron chi connectivity index (χ3n) is 3.89. The van der Waals surface area contributed by atoms with Gasteiger partial charge in [0.25, 0.3) is 0 Å². The van der Waals surface area contributed by atoms with E-state index in [2.05, 4.69) is 20.4 Å². The molecule has 4 aromatic rings. The van der Waals surface area contributed by atoms with Gasteiger partial charge in [0.2, 0.25) is 0 Å². The van der Waals surface area contributed by atoms with E-state index >= 15 is 0 Å². The standard InChI is InChI=1S/C19H16N4O/c1-2-24-14-9-7-13(8-10-14)18-19(22-23-21-18)16-11-12-20-17-6-4-3-5-15(16)17/h3-12H,2H2,1H3,(H,21,22,23). The summed E-state index contributed by atoms with van der Waals surface area (Å²) in [6, 6.07) is 17.9. The molecule has 0 saturated heterocycles. The lowest BCUT2D eigenvalue weighted by atomic mass is 10.0. The second kappa shape index (κ2) is 6.12. The minimum absolute atomic E-state index is 0.650. The minimum Gasteiger partial charge on any atom is -0.494 e. The molecule has 5 heteroatoms. The number of fused-ring (bicyclic) bond motifs is 1. The van der Waals surface area contributed by atoms with Crippen LogP contribution in [0.4, 0.5) is 0 Å². The van der Waals surface area contributed by atoms with Gasteiger partial charge in [0, 0.05) is 22.7 Å². The van der Waals surface area contributed by atoms with Gasteiger partial charge in [-0.05, 0) is 43.3 Å². The first kappa shape index (κ1) is 14.4. The van der Waals surface area contributed by atoms with Gasteiger partial charge in [-0.25, -0.2) is 0 Å². The van der Waals surface area contributed by atoms with E-state index in [0.717, 1.165) is 39.2 Å². The highest BCUT2D eigenvalue weighted by Gasteiger charge is 2.15. The number of aromatic nitrogens is 4. The van der Waals surface area contributed by atoms with Gasteiger partial charge in [-0.2, -0.15) is 15.4 Å². The zero-order valence-corrected chi connectivity index (χ0v) is 13.2. The molecule has 0 radical (unpaired) electrons. The molecule has 0 atom stereocenters. The Hall–Kier alpha value is -3.21. The van der Waals surface area contributed by atoms with E-state index in [9.17, 15) is 0 Å². The maximum Gasteiger partial charge on any atom is 0.121 e. The van der Waals surface area contributed by atoms with Crippen molar-refractivity contribution in [2.24, 2.45) is 0 Å². The number of para-hydroxylation sites is 1. The number of nitrogens with one attached hydrogen (secondary N) is 1. The molecule has 0 aliphatic heterocycles. The number of hydrogen-bond donors (Lipinski definition) is 1. The number of hydrogen-bond acceptors (Lipinski definition) is 4. The van der Waals surface area contributed by atoms with E-state index in [4.69, 9.17) is 4.74 Å². The van der Waals surface area contributed by atoms with Crippen LogP contribution in [0, 0.1) is 0 Å². The van der Waals surface area contributed by atoms with Crippen LogP contribution in [0.2, 0.25) is 0 Å². The SMILES string of the molecule is CCOc1ccc(-c2n[nH]nc2-c2ccnc3ccccc23)cc1. The molecule has 0 amide bonds. The van der Waals surface area contributed by atoms with Crippen LogP contribution < -0.4 is 4.74 Å². The molecular weight excluding hydrogens is 300 g/mol. The smallest absolute Gasteiger partial charge is 0.121 e. The maximum absolute atomic E-state index is 5.50. The van der Waals surface area contributed by atoms with Crippen molar-refractivity contribution in [1.82, 2.24) is 20.4 Å². The van der Waals surface area contributed by atoms with E-state index in [1.165, 1.54) is 0 Å². The third-order valence-corrected chi connectivity index (χ3v) is 3.89. The predicted octanol–water partition coefficient (Wildman–Crippen LogP) is 4.09. The van der Waals surface area contributed by atoms with E-state index in [-0.39, 0.29) is 0 Å². The normalized spacial score (nSPS) is 10.9. The summed E-state index contributed by atoms with van der Waals surface area (Å²) in [6.07, 6.45) is 1.80. The number of benzene rings is 2. The Bertz CT molecular complexity index is 971. The monoisotopic (exact) mass is 316 g/mol. The van der Waals surface area contributed by atoms with Crippen molar-refractivity contribution >= 4 is 10.9 Å². The van der Waals surface area contributed by atoms with Gasteiger partial charge in [0.05, 0.1) is 12.1 Å². The van der Waals surface area contributed by atoms with Gasteiger partial charge >= 0.3 is 0 Å². The quantitative estimate of drug-likeness (QED) is 0.616. The summed E-state index contributed by atoms with van der Waals surface area (Å²) in [5.41, 5.74) is 4.57. The van der Waals surface area contributed by atoms with Crippen LogP contribution in [0.1, 0.15) is 6.92 Å². The molecule has 5 nitrogen and oxygen atoms in total. The highest BCUT2D eigenvalue weighted by atomic mass is 16.5. The first-order valence-electron chi connectivity index (χ1n) is 7.85. The lowest BCUT2D eigenvalue weighted by Crippen LogP contribution is -1.91. The summed E-state index contributed by atoms with van der Waals surface area (Å²) < 4.78 is 5.50. The highest BCUT2D eigenvalue weighted by Crippen LogP contribution is 2.33. The van der Waals surface area contributed by atoms with Crippen LogP contribution in [-0.2, 0) is 0 Å². The van der Waals surface area contributed by atoms with Crippen molar-refractivity contribution in [3.63, 3.8) is 0 Å². The molecule has 2 aromatic heterocycles. The van der Waals surface area contributed by atoms with E-state index in [1.54, 1.807) is 6.20 Å². The fraction of sp³-hybridized carbons (Fsp3) is 0.105. The van der Waals surface area contributed by atoms with Gasteiger partial charge in [0.15, 0.2) is 0 Å². The zero-order valence-electron chi connectivity index (χ0n) is 13.2. The molecule has 0 spiro atoms. The van der Waals surface area contributed by atoms with Gasteiger partial charge in [-0.1, -0.05) is 18.2 Å². The fourth-order valence-corrected chi connectivity index (χ4v) is 2.80. The Balaban J connectivity index is 1.82. The second-order valence-electron chi connectivity index (χ2n) is 5.35. The Kier molecular flexibility index (Phi) is 3.67. The molecule has 4 rings (SSSR count). The summed E-state index contributed by atoms with van der Waals surface area (Å²) in [6.45, 7) is 2.62. The summed E-state index contributed by atoms with van der Waals surface area (Å²) >= 11 is 0. The number of nitrogens with zero attached hydrogens (tertiary/aromatic N) is 3. The molecule has 0 fully saturated rings. The van der Waals surface area contributed by atoms with Crippen LogP contribution in [0.5, 0.6) is 5.75 Å². The Labute approximate surface area is 139 Å². The van der Waals surface area contributed by atoms with Crippen molar-refractivity contribution in [2.75, 3.05) is 6.61 Å². The lowest BCUT2D eigenvalue weighted by Gasteiger charge is -2.06. The van der Waals surface area contributed by atoms with Crippen molar-refractivity contribution < 1.29 is 4.74 Å². The lowest BCUT2D eigenvalue weighted by molar-refractivity contribution is 0.340. The van der Waals surface area contributed by atoms with Crippen molar-refractivity contribution in [3.05, 3.63) is 60.8 Å². The topological polar surface area (TPSA) is 63.7 Å². The molecule has 0 saturated carbocycles. The molecule has 2 aromatic carbocycles. The Morgan fingerprint density at radius 1 is 0.917 bits per heavy atom. The number of rotatable bonds is 4. The average molecular weight is 316 g/mol. The van der Waals surface area contributed by atoms with Crippen LogP contribution in [0.3, 0.4) is 0 Å². The van der Waals surface area contributed by atoms with E-state index in [1.807, 2.05) is 61.5 Å². The number of pyridine rings is 1. The van der Waals surface area contributed by atoms with Gasteiger partial charge < -0.3 is 4.74 Å². The molecule has 0 unspecified atom stereocenters. The van der Waals surface area contributed by atoms with Crippen molar-refractivity contribution in [2.45, 2.75) is 6.92 Å². The largest absolute Gasteiger partial charge is 0.494 e. The van der Waals surface area contributed by atoms with Crippen LogP contribution in [-0.4, -0.2) is 27.0 Å².